The van der Waals surface area contributed by atoms with Crippen LogP contribution in [0.4, 0.5) is 14.5 Å². The lowest BCUT2D eigenvalue weighted by Crippen LogP contribution is -2.15. The summed E-state index contributed by atoms with van der Waals surface area (Å²) in [5.41, 5.74) is 1.48. The molecule has 0 aliphatic carbocycles. The first kappa shape index (κ1) is 19.5. The average molecular weight is 501 g/mol. The van der Waals surface area contributed by atoms with E-state index in [9.17, 15) is 13.6 Å². The van der Waals surface area contributed by atoms with Gasteiger partial charge in [0.2, 0.25) is 0 Å². The highest BCUT2D eigenvalue weighted by atomic mass is 79.9. The Morgan fingerprint density at radius 3 is 2.56 bits per heavy atom. The summed E-state index contributed by atoms with van der Waals surface area (Å²) in [6.45, 7) is -2.49. The lowest BCUT2D eigenvalue weighted by atomic mass is 10.2. The maximum absolute atomic E-state index is 12.5. The summed E-state index contributed by atoms with van der Waals surface area (Å²) in [5, 5.41) is 6.84. The molecule has 0 unspecified atom stereocenters. The summed E-state index contributed by atoms with van der Waals surface area (Å²) in [7, 11) is 0. The number of anilines is 1. The van der Waals surface area contributed by atoms with Crippen molar-refractivity contribution in [1.82, 2.24) is 9.78 Å². The fourth-order valence-corrected chi connectivity index (χ4v) is 2.99. The SMILES string of the molecule is O=C(Nc1cnn(Cc2ccc(Br)cc2)c1)c1cc(Br)ccc1OC(F)F. The minimum absolute atomic E-state index is 0.00895. The van der Waals surface area contributed by atoms with Crippen molar-refractivity contribution in [2.75, 3.05) is 5.32 Å². The number of hydrogen-bond acceptors (Lipinski definition) is 3. The van der Waals surface area contributed by atoms with Crippen LogP contribution in [0.1, 0.15) is 15.9 Å². The van der Waals surface area contributed by atoms with E-state index in [2.05, 4.69) is 47.0 Å². The maximum atomic E-state index is 12.5. The van der Waals surface area contributed by atoms with Crippen LogP contribution in [0.25, 0.3) is 0 Å². The molecule has 0 aliphatic rings. The van der Waals surface area contributed by atoms with Gasteiger partial charge >= 0.3 is 6.61 Å². The normalized spacial score (nSPS) is 10.9. The maximum Gasteiger partial charge on any atom is 0.387 e. The van der Waals surface area contributed by atoms with E-state index in [0.717, 1.165) is 10.0 Å². The van der Waals surface area contributed by atoms with E-state index in [-0.39, 0.29) is 11.3 Å². The highest BCUT2D eigenvalue weighted by Crippen LogP contribution is 2.26. The molecule has 2 aromatic carbocycles. The number of halogens is 4. The summed E-state index contributed by atoms with van der Waals surface area (Å²) in [6, 6.07) is 12.0. The Morgan fingerprint density at radius 1 is 1.15 bits per heavy atom. The number of ether oxygens (including phenoxy) is 1. The van der Waals surface area contributed by atoms with Gasteiger partial charge in [-0.3, -0.25) is 9.48 Å². The molecule has 3 aromatic rings. The molecular weight excluding hydrogens is 488 g/mol. The number of carbonyl (C=O) groups is 1. The molecule has 0 saturated carbocycles. The predicted molar refractivity (Wildman–Crippen MR) is 104 cm³/mol. The Kier molecular flexibility index (Phi) is 6.22. The van der Waals surface area contributed by atoms with E-state index in [0.29, 0.717) is 16.7 Å². The number of alkyl halides is 2. The van der Waals surface area contributed by atoms with Crippen LogP contribution >= 0.6 is 31.9 Å². The highest BCUT2D eigenvalue weighted by Gasteiger charge is 2.17. The molecule has 1 N–H and O–H groups in total. The third-order valence-corrected chi connectivity index (χ3v) is 4.57. The quantitative estimate of drug-likeness (QED) is 0.499. The van der Waals surface area contributed by atoms with Gasteiger partial charge in [0.15, 0.2) is 0 Å². The number of aromatic nitrogens is 2. The molecule has 27 heavy (non-hydrogen) atoms. The van der Waals surface area contributed by atoms with Gasteiger partial charge in [0.05, 0.1) is 24.0 Å². The Hall–Kier alpha value is -2.26. The first-order valence-corrected chi connectivity index (χ1v) is 9.32. The molecule has 1 amide bonds. The Balaban J connectivity index is 1.72. The molecule has 1 heterocycles. The Morgan fingerprint density at radius 2 is 1.85 bits per heavy atom. The van der Waals surface area contributed by atoms with Crippen molar-refractivity contribution in [3.63, 3.8) is 0 Å². The van der Waals surface area contributed by atoms with E-state index in [1.54, 1.807) is 10.9 Å². The molecule has 0 saturated heterocycles. The highest BCUT2D eigenvalue weighted by molar-refractivity contribution is 9.10. The van der Waals surface area contributed by atoms with E-state index in [4.69, 9.17) is 0 Å². The van der Waals surface area contributed by atoms with Crippen molar-refractivity contribution in [3.05, 3.63) is 74.9 Å². The van der Waals surface area contributed by atoms with Crippen LogP contribution in [-0.4, -0.2) is 22.3 Å². The Labute approximate surface area is 170 Å². The summed E-state index contributed by atoms with van der Waals surface area (Å²) in [4.78, 5) is 12.5. The van der Waals surface area contributed by atoms with Crippen molar-refractivity contribution in [3.8, 4) is 5.75 Å². The second-order valence-corrected chi connectivity index (χ2v) is 7.36. The molecule has 1 aromatic heterocycles. The van der Waals surface area contributed by atoms with Crippen LogP contribution < -0.4 is 10.1 Å². The van der Waals surface area contributed by atoms with E-state index in [1.807, 2.05) is 24.3 Å². The van der Waals surface area contributed by atoms with Crippen molar-refractivity contribution >= 4 is 43.5 Å². The van der Waals surface area contributed by atoms with Crippen LogP contribution in [0.2, 0.25) is 0 Å². The lowest BCUT2D eigenvalue weighted by Gasteiger charge is -2.10. The average Bonchev–Trinajstić information content (AvgIpc) is 3.05. The molecule has 9 heteroatoms. The molecule has 5 nitrogen and oxygen atoms in total. The summed E-state index contributed by atoms with van der Waals surface area (Å²) in [5.74, 6) is -0.775. The number of rotatable bonds is 6. The predicted octanol–water partition coefficient (Wildman–Crippen LogP) is 5.31. The molecule has 0 atom stereocenters. The van der Waals surface area contributed by atoms with Crippen LogP contribution in [0, 0.1) is 0 Å². The second-order valence-electron chi connectivity index (χ2n) is 5.53. The molecule has 0 fully saturated rings. The number of nitrogens with one attached hydrogen (secondary N) is 1. The second kappa shape index (κ2) is 8.62. The van der Waals surface area contributed by atoms with Crippen molar-refractivity contribution in [1.29, 1.82) is 0 Å². The monoisotopic (exact) mass is 499 g/mol. The lowest BCUT2D eigenvalue weighted by molar-refractivity contribution is -0.0501. The van der Waals surface area contributed by atoms with Crippen molar-refractivity contribution < 1.29 is 18.3 Å². The number of nitrogens with zero attached hydrogens (tertiary/aromatic N) is 2. The summed E-state index contributed by atoms with van der Waals surface area (Å²) < 4.78 is 32.7. The summed E-state index contributed by atoms with van der Waals surface area (Å²) >= 11 is 6.60. The first-order chi connectivity index (χ1) is 12.9. The van der Waals surface area contributed by atoms with Crippen molar-refractivity contribution in [2.45, 2.75) is 13.2 Å². The topological polar surface area (TPSA) is 56.2 Å². The molecule has 0 bridgehead atoms. The minimum atomic E-state index is -3.02. The standard InChI is InChI=1S/C18H13Br2F2N3O2/c19-12-3-1-11(2-4-12)9-25-10-14(8-23-25)24-17(26)15-7-13(20)5-6-16(15)27-18(21)22/h1-8,10,18H,9H2,(H,24,26). The minimum Gasteiger partial charge on any atom is -0.434 e. The zero-order valence-electron chi connectivity index (χ0n) is 13.7. The smallest absolute Gasteiger partial charge is 0.387 e. The first-order valence-electron chi connectivity index (χ1n) is 7.73. The molecular formula is C18H13Br2F2N3O2. The fourth-order valence-electron chi connectivity index (χ4n) is 2.37. The van der Waals surface area contributed by atoms with Gasteiger partial charge in [-0.1, -0.05) is 44.0 Å². The van der Waals surface area contributed by atoms with Crippen LogP contribution in [0.5, 0.6) is 5.75 Å². The third-order valence-electron chi connectivity index (χ3n) is 3.55. The van der Waals surface area contributed by atoms with Gasteiger partial charge in [-0.05, 0) is 35.9 Å². The van der Waals surface area contributed by atoms with E-state index in [1.165, 1.54) is 24.4 Å². The molecule has 0 spiro atoms. The Bertz CT molecular complexity index is 946. The number of benzene rings is 2. The largest absolute Gasteiger partial charge is 0.434 e. The van der Waals surface area contributed by atoms with Crippen LogP contribution in [0.3, 0.4) is 0 Å². The zero-order valence-corrected chi connectivity index (χ0v) is 16.9. The van der Waals surface area contributed by atoms with Gasteiger partial charge in [-0.15, -0.1) is 0 Å². The number of hydrogen-bond donors (Lipinski definition) is 1. The molecule has 0 radical (unpaired) electrons. The molecule has 140 valence electrons. The molecule has 0 aliphatic heterocycles. The molecule has 3 rings (SSSR count). The van der Waals surface area contributed by atoms with Gasteiger partial charge < -0.3 is 10.1 Å². The van der Waals surface area contributed by atoms with E-state index < -0.39 is 12.5 Å². The van der Waals surface area contributed by atoms with Crippen LogP contribution in [0.15, 0.2) is 63.8 Å². The van der Waals surface area contributed by atoms with Crippen molar-refractivity contribution in [2.24, 2.45) is 0 Å². The third kappa shape index (κ3) is 5.36. The van der Waals surface area contributed by atoms with Gasteiger partial charge in [0.1, 0.15) is 5.75 Å². The van der Waals surface area contributed by atoms with E-state index >= 15 is 0 Å². The van der Waals surface area contributed by atoms with Gasteiger partial charge in [-0.25, -0.2) is 0 Å². The van der Waals surface area contributed by atoms with Gasteiger partial charge in [0.25, 0.3) is 5.91 Å². The van der Waals surface area contributed by atoms with Crippen LogP contribution in [-0.2, 0) is 6.54 Å². The fraction of sp³-hybridized carbons (Fsp3) is 0.111. The number of carbonyl (C=O) groups excluding carboxylic acids is 1. The van der Waals surface area contributed by atoms with Gasteiger partial charge in [-0.2, -0.15) is 13.9 Å². The zero-order chi connectivity index (χ0) is 19.4. The summed E-state index contributed by atoms with van der Waals surface area (Å²) in [6.07, 6.45) is 3.15. The number of amides is 1. The van der Waals surface area contributed by atoms with Gasteiger partial charge in [0, 0.05) is 15.1 Å².